The van der Waals surface area contributed by atoms with Gasteiger partial charge in [0.1, 0.15) is 4.90 Å². The molecule has 1 aliphatic heterocycles. The van der Waals surface area contributed by atoms with Crippen LogP contribution < -0.4 is 5.32 Å². The summed E-state index contributed by atoms with van der Waals surface area (Å²) in [5, 5.41) is 14.8. The normalized spacial score (nSPS) is 18.4. The molecule has 1 saturated heterocycles. The predicted molar refractivity (Wildman–Crippen MR) is 66.1 cm³/mol. The molecule has 9 heteroatoms. The van der Waals surface area contributed by atoms with Crippen LogP contribution in [0.25, 0.3) is 0 Å². The lowest BCUT2D eigenvalue weighted by molar-refractivity contribution is 0.183. The van der Waals surface area contributed by atoms with Gasteiger partial charge in [-0.1, -0.05) is 0 Å². The van der Waals surface area contributed by atoms with Crippen LogP contribution >= 0.6 is 0 Å². The summed E-state index contributed by atoms with van der Waals surface area (Å²) in [5.74, 6) is 0. The molecule has 1 fully saturated rings. The van der Waals surface area contributed by atoms with E-state index in [4.69, 9.17) is 5.11 Å². The van der Waals surface area contributed by atoms with Crippen LogP contribution in [0, 0.1) is 0 Å². The first kappa shape index (κ1) is 13.8. The molecule has 0 unspecified atom stereocenters. The van der Waals surface area contributed by atoms with E-state index in [0.717, 1.165) is 0 Å². The lowest BCUT2D eigenvalue weighted by Gasteiger charge is -2.30. The van der Waals surface area contributed by atoms with Gasteiger partial charge in [0.15, 0.2) is 0 Å². The van der Waals surface area contributed by atoms with Crippen molar-refractivity contribution in [1.29, 1.82) is 0 Å². The van der Waals surface area contributed by atoms with Crippen molar-refractivity contribution >= 4 is 16.1 Å². The second kappa shape index (κ2) is 5.17. The topological polar surface area (TPSA) is 105 Å². The fourth-order valence-electron chi connectivity index (χ4n) is 2.10. The van der Waals surface area contributed by atoms with E-state index in [1.54, 1.807) is 7.05 Å². The second-order valence-electron chi connectivity index (χ2n) is 4.48. The third-order valence-corrected chi connectivity index (χ3v) is 4.95. The Bertz CT molecular complexity index is 560. The van der Waals surface area contributed by atoms with E-state index < -0.39 is 16.1 Å². The van der Waals surface area contributed by atoms with Crippen LogP contribution in [-0.2, 0) is 17.1 Å². The van der Waals surface area contributed by atoms with Crippen LogP contribution in [0.5, 0.6) is 0 Å². The van der Waals surface area contributed by atoms with E-state index in [0.29, 0.717) is 25.9 Å². The monoisotopic (exact) mass is 288 g/mol. The summed E-state index contributed by atoms with van der Waals surface area (Å²) in [6.45, 7) is 0.615. The Morgan fingerprint density at radius 2 is 2.11 bits per heavy atom. The number of piperidine rings is 1. The summed E-state index contributed by atoms with van der Waals surface area (Å²) < 4.78 is 27.3. The van der Waals surface area contributed by atoms with Crippen LogP contribution in [0.2, 0.25) is 0 Å². The molecule has 2 rings (SSSR count). The summed E-state index contributed by atoms with van der Waals surface area (Å²) in [6, 6.07) is -0.183. The molecule has 1 aromatic heterocycles. The first-order valence-corrected chi connectivity index (χ1v) is 7.32. The first-order valence-electron chi connectivity index (χ1n) is 5.88. The number of hydrogen-bond donors (Lipinski definition) is 2. The summed E-state index contributed by atoms with van der Waals surface area (Å²) in [7, 11) is -1.86. The van der Waals surface area contributed by atoms with Gasteiger partial charge in [-0.2, -0.15) is 9.40 Å². The smallest absolute Gasteiger partial charge is 0.404 e. The Labute approximate surface area is 111 Å². The maximum Gasteiger partial charge on any atom is 0.404 e. The fraction of sp³-hybridized carbons (Fsp3) is 0.600. The van der Waals surface area contributed by atoms with Crippen LogP contribution in [0.4, 0.5) is 4.79 Å². The molecule has 0 aromatic carbocycles. The molecule has 1 aromatic rings. The molecule has 0 aliphatic carbocycles. The van der Waals surface area contributed by atoms with E-state index in [2.05, 4.69) is 10.4 Å². The molecule has 106 valence electrons. The highest BCUT2D eigenvalue weighted by atomic mass is 32.2. The molecule has 8 nitrogen and oxygen atoms in total. The van der Waals surface area contributed by atoms with Gasteiger partial charge in [-0.3, -0.25) is 4.68 Å². The quantitative estimate of drug-likeness (QED) is 0.804. The molecule has 2 N–H and O–H groups in total. The van der Waals surface area contributed by atoms with Gasteiger partial charge in [-0.25, -0.2) is 13.2 Å². The van der Waals surface area contributed by atoms with E-state index in [-0.39, 0.29) is 10.9 Å². The third-order valence-electron chi connectivity index (χ3n) is 3.10. The highest BCUT2D eigenvalue weighted by Gasteiger charge is 2.30. The molecule has 19 heavy (non-hydrogen) atoms. The van der Waals surface area contributed by atoms with Crippen molar-refractivity contribution in [2.24, 2.45) is 7.05 Å². The minimum Gasteiger partial charge on any atom is -0.465 e. The van der Waals surface area contributed by atoms with Gasteiger partial charge in [-0.05, 0) is 12.8 Å². The molecule has 0 radical (unpaired) electrons. The Morgan fingerprint density at radius 3 is 2.58 bits per heavy atom. The molecular formula is C10H16N4O4S. The maximum absolute atomic E-state index is 12.3. The van der Waals surface area contributed by atoms with Crippen molar-refractivity contribution in [3.8, 4) is 0 Å². The van der Waals surface area contributed by atoms with Crippen molar-refractivity contribution in [2.45, 2.75) is 23.8 Å². The standard InChI is InChI=1S/C10H16N4O4S/c1-13-7-9(6-11-13)19(17,18)14-4-2-8(3-5-14)12-10(15)16/h6-8,12H,2-5H2,1H3,(H,15,16). The van der Waals surface area contributed by atoms with E-state index in [1.807, 2.05) is 0 Å². The maximum atomic E-state index is 12.3. The Kier molecular flexibility index (Phi) is 3.76. The Morgan fingerprint density at radius 1 is 1.47 bits per heavy atom. The lowest BCUT2D eigenvalue weighted by Crippen LogP contribution is -2.46. The third kappa shape index (κ3) is 3.04. The molecular weight excluding hydrogens is 272 g/mol. The van der Waals surface area contributed by atoms with Crippen LogP contribution in [-0.4, -0.2) is 52.8 Å². The van der Waals surface area contributed by atoms with Gasteiger partial charge in [0.25, 0.3) is 0 Å². The zero-order chi connectivity index (χ0) is 14.0. The van der Waals surface area contributed by atoms with Crippen molar-refractivity contribution in [2.75, 3.05) is 13.1 Å². The molecule has 2 heterocycles. The number of nitrogens with zero attached hydrogens (tertiary/aromatic N) is 3. The fourth-order valence-corrected chi connectivity index (χ4v) is 3.55. The average Bonchev–Trinajstić information content (AvgIpc) is 2.76. The van der Waals surface area contributed by atoms with E-state index in [9.17, 15) is 13.2 Å². The average molecular weight is 288 g/mol. The van der Waals surface area contributed by atoms with Gasteiger partial charge in [-0.15, -0.1) is 0 Å². The summed E-state index contributed by atoms with van der Waals surface area (Å²) in [5.41, 5.74) is 0. The van der Waals surface area contributed by atoms with E-state index >= 15 is 0 Å². The SMILES string of the molecule is Cn1cc(S(=O)(=O)N2CCC(NC(=O)O)CC2)cn1. The van der Waals surface area contributed by atoms with Crippen molar-refractivity contribution in [1.82, 2.24) is 19.4 Å². The largest absolute Gasteiger partial charge is 0.465 e. The molecule has 1 aliphatic rings. The summed E-state index contributed by atoms with van der Waals surface area (Å²) in [4.78, 5) is 10.7. The highest BCUT2D eigenvalue weighted by Crippen LogP contribution is 2.20. The Balaban J connectivity index is 2.03. The molecule has 0 bridgehead atoms. The van der Waals surface area contributed by atoms with Crippen molar-refractivity contribution < 1.29 is 18.3 Å². The van der Waals surface area contributed by atoms with Gasteiger partial charge in [0.05, 0.1) is 6.20 Å². The number of nitrogens with one attached hydrogen (secondary N) is 1. The van der Waals surface area contributed by atoms with Gasteiger partial charge >= 0.3 is 6.09 Å². The Hall–Kier alpha value is -1.61. The van der Waals surface area contributed by atoms with Crippen molar-refractivity contribution in [3.63, 3.8) is 0 Å². The van der Waals surface area contributed by atoms with Crippen LogP contribution in [0.15, 0.2) is 17.3 Å². The second-order valence-corrected chi connectivity index (χ2v) is 6.42. The molecule has 0 atom stereocenters. The number of hydrogen-bond acceptors (Lipinski definition) is 4. The first-order chi connectivity index (χ1) is 8.89. The molecule has 0 saturated carbocycles. The van der Waals surface area contributed by atoms with Crippen LogP contribution in [0.1, 0.15) is 12.8 Å². The highest BCUT2D eigenvalue weighted by molar-refractivity contribution is 7.89. The number of amides is 1. The molecule has 1 amide bonds. The predicted octanol–water partition coefficient (Wildman–Crippen LogP) is -0.159. The number of aryl methyl sites for hydroxylation is 1. The van der Waals surface area contributed by atoms with Gasteiger partial charge in [0.2, 0.25) is 10.0 Å². The number of aromatic nitrogens is 2. The number of carbonyl (C=O) groups is 1. The van der Waals surface area contributed by atoms with E-state index in [1.165, 1.54) is 21.4 Å². The number of sulfonamides is 1. The number of rotatable bonds is 3. The lowest BCUT2D eigenvalue weighted by atomic mass is 10.1. The minimum absolute atomic E-state index is 0.166. The molecule has 0 spiro atoms. The summed E-state index contributed by atoms with van der Waals surface area (Å²) in [6.07, 6.45) is 2.65. The van der Waals surface area contributed by atoms with Gasteiger partial charge < -0.3 is 10.4 Å². The zero-order valence-electron chi connectivity index (χ0n) is 10.5. The zero-order valence-corrected chi connectivity index (χ0v) is 11.3. The summed E-state index contributed by atoms with van der Waals surface area (Å²) >= 11 is 0. The van der Waals surface area contributed by atoms with Gasteiger partial charge in [0, 0.05) is 32.4 Å². The van der Waals surface area contributed by atoms with Crippen molar-refractivity contribution in [3.05, 3.63) is 12.4 Å². The number of carboxylic acid groups (broad SMARTS) is 1. The van der Waals surface area contributed by atoms with Crippen LogP contribution in [0.3, 0.4) is 0 Å². The minimum atomic E-state index is -3.52.